The van der Waals surface area contributed by atoms with Gasteiger partial charge in [-0.25, -0.2) is 0 Å². The third-order valence-electron chi connectivity index (χ3n) is 5.81. The SMILES string of the molecule is CC(=O)C[C@@H](C)c1ccc(OC2CN(c3ccc(OCC4CC4)cc3C#N)C2)cc1. The molecule has 2 aromatic rings. The van der Waals surface area contributed by atoms with Crippen LogP contribution in [-0.2, 0) is 4.79 Å². The molecule has 1 saturated heterocycles. The monoisotopic (exact) mass is 404 g/mol. The van der Waals surface area contributed by atoms with Crippen LogP contribution in [0.1, 0.15) is 50.2 Å². The van der Waals surface area contributed by atoms with Gasteiger partial charge >= 0.3 is 0 Å². The Balaban J connectivity index is 1.30. The summed E-state index contributed by atoms with van der Waals surface area (Å²) >= 11 is 0. The summed E-state index contributed by atoms with van der Waals surface area (Å²) in [5.41, 5.74) is 2.73. The van der Waals surface area contributed by atoms with E-state index in [0.717, 1.165) is 42.4 Å². The van der Waals surface area contributed by atoms with E-state index in [2.05, 4.69) is 17.9 Å². The van der Waals surface area contributed by atoms with Gasteiger partial charge in [0, 0.05) is 6.42 Å². The molecule has 2 fully saturated rings. The highest BCUT2D eigenvalue weighted by molar-refractivity contribution is 5.76. The highest BCUT2D eigenvalue weighted by Crippen LogP contribution is 2.33. The van der Waals surface area contributed by atoms with Crippen molar-refractivity contribution in [3.05, 3.63) is 53.6 Å². The van der Waals surface area contributed by atoms with Crippen LogP contribution in [0.15, 0.2) is 42.5 Å². The van der Waals surface area contributed by atoms with Crippen LogP contribution in [0.5, 0.6) is 11.5 Å². The molecule has 4 rings (SSSR count). The average Bonchev–Trinajstić information content (AvgIpc) is 3.53. The Hall–Kier alpha value is -3.00. The number of hydrogen-bond acceptors (Lipinski definition) is 5. The molecule has 30 heavy (non-hydrogen) atoms. The Morgan fingerprint density at radius 3 is 2.50 bits per heavy atom. The zero-order chi connectivity index (χ0) is 21.1. The molecule has 0 unspecified atom stereocenters. The van der Waals surface area contributed by atoms with Gasteiger partial charge in [0.2, 0.25) is 0 Å². The zero-order valence-electron chi connectivity index (χ0n) is 17.6. The lowest BCUT2D eigenvalue weighted by atomic mass is 9.96. The van der Waals surface area contributed by atoms with Crippen LogP contribution < -0.4 is 14.4 Å². The minimum absolute atomic E-state index is 0.0998. The predicted octanol–water partition coefficient (Wildman–Crippen LogP) is 4.70. The van der Waals surface area contributed by atoms with E-state index in [0.29, 0.717) is 17.9 Å². The average molecular weight is 405 g/mol. The Morgan fingerprint density at radius 2 is 1.87 bits per heavy atom. The Labute approximate surface area is 178 Å². The van der Waals surface area contributed by atoms with Crippen molar-refractivity contribution >= 4 is 11.5 Å². The number of carbonyl (C=O) groups is 1. The van der Waals surface area contributed by atoms with Gasteiger partial charge in [-0.3, -0.25) is 0 Å². The Bertz CT molecular complexity index is 938. The number of hydrogen-bond donors (Lipinski definition) is 0. The van der Waals surface area contributed by atoms with Gasteiger partial charge in [0.1, 0.15) is 29.5 Å². The lowest BCUT2D eigenvalue weighted by Crippen LogP contribution is -2.54. The Kier molecular flexibility index (Phi) is 5.94. The molecule has 0 radical (unpaired) electrons. The maximum Gasteiger partial charge on any atom is 0.133 e. The van der Waals surface area contributed by atoms with Gasteiger partial charge in [-0.15, -0.1) is 0 Å². The molecule has 1 atom stereocenters. The van der Waals surface area contributed by atoms with E-state index in [1.165, 1.54) is 12.8 Å². The van der Waals surface area contributed by atoms with Gasteiger partial charge in [0.15, 0.2) is 0 Å². The van der Waals surface area contributed by atoms with Gasteiger partial charge in [-0.1, -0.05) is 19.1 Å². The van der Waals surface area contributed by atoms with E-state index >= 15 is 0 Å². The lowest BCUT2D eigenvalue weighted by molar-refractivity contribution is -0.117. The Morgan fingerprint density at radius 1 is 1.17 bits per heavy atom. The molecule has 0 N–H and O–H groups in total. The van der Waals surface area contributed by atoms with E-state index in [4.69, 9.17) is 9.47 Å². The molecule has 0 bridgehead atoms. The molecule has 0 amide bonds. The predicted molar refractivity (Wildman–Crippen MR) is 116 cm³/mol. The number of ether oxygens (including phenoxy) is 2. The third-order valence-corrected chi connectivity index (χ3v) is 5.81. The highest BCUT2D eigenvalue weighted by Gasteiger charge is 2.30. The van der Waals surface area contributed by atoms with Crippen LogP contribution in [0.3, 0.4) is 0 Å². The molecule has 156 valence electrons. The van der Waals surface area contributed by atoms with Crippen LogP contribution in [0.25, 0.3) is 0 Å². The summed E-state index contributed by atoms with van der Waals surface area (Å²) in [5, 5.41) is 9.54. The van der Waals surface area contributed by atoms with Crippen LogP contribution in [0, 0.1) is 17.2 Å². The normalized spacial score (nSPS) is 17.0. The molecule has 0 spiro atoms. The van der Waals surface area contributed by atoms with Crippen molar-refractivity contribution < 1.29 is 14.3 Å². The number of nitrogens with zero attached hydrogens (tertiary/aromatic N) is 2. The first-order chi connectivity index (χ1) is 14.5. The summed E-state index contributed by atoms with van der Waals surface area (Å²) in [6, 6.07) is 16.1. The minimum atomic E-state index is 0.0998. The zero-order valence-corrected chi connectivity index (χ0v) is 17.6. The van der Waals surface area contributed by atoms with Crippen molar-refractivity contribution in [3.8, 4) is 17.6 Å². The molecule has 0 aromatic heterocycles. The van der Waals surface area contributed by atoms with Crippen LogP contribution in [-0.4, -0.2) is 31.6 Å². The number of nitriles is 1. The van der Waals surface area contributed by atoms with E-state index in [1.807, 2.05) is 42.5 Å². The molecule has 1 aliphatic heterocycles. The van der Waals surface area contributed by atoms with Gasteiger partial charge in [0.05, 0.1) is 30.9 Å². The number of anilines is 1. The van der Waals surface area contributed by atoms with E-state index < -0.39 is 0 Å². The van der Waals surface area contributed by atoms with Gasteiger partial charge in [0.25, 0.3) is 0 Å². The van der Waals surface area contributed by atoms with Crippen molar-refractivity contribution in [1.29, 1.82) is 5.26 Å². The fourth-order valence-electron chi connectivity index (χ4n) is 3.79. The number of Topliss-reactive ketones (excluding diaryl/α,β-unsaturated/α-hetero) is 1. The highest BCUT2D eigenvalue weighted by atomic mass is 16.5. The van der Waals surface area contributed by atoms with E-state index in [9.17, 15) is 10.1 Å². The molecule has 2 aromatic carbocycles. The van der Waals surface area contributed by atoms with E-state index in [-0.39, 0.29) is 17.8 Å². The summed E-state index contributed by atoms with van der Waals surface area (Å²) in [4.78, 5) is 13.5. The first-order valence-corrected chi connectivity index (χ1v) is 10.7. The fourth-order valence-corrected chi connectivity index (χ4v) is 3.79. The fraction of sp³-hybridized carbons (Fsp3) is 0.440. The first-order valence-electron chi connectivity index (χ1n) is 10.7. The standard InChI is InChI=1S/C25H28N2O3/c1-17(11-18(2)28)20-5-7-22(8-6-20)30-24-14-27(15-24)25-10-9-23(12-21(25)13-26)29-16-19-3-4-19/h5-10,12,17,19,24H,3-4,11,14-16H2,1-2H3/t17-/m1/s1. The van der Waals surface area contributed by atoms with Crippen LogP contribution >= 0.6 is 0 Å². The number of carbonyl (C=O) groups excluding carboxylic acids is 1. The summed E-state index contributed by atoms with van der Waals surface area (Å²) in [5.74, 6) is 2.72. The largest absolute Gasteiger partial charge is 0.493 e. The molecule has 5 nitrogen and oxygen atoms in total. The molecule has 5 heteroatoms. The molecule has 1 heterocycles. The van der Waals surface area contributed by atoms with Crippen molar-refractivity contribution in [2.45, 2.75) is 45.1 Å². The molecule has 2 aliphatic rings. The quantitative estimate of drug-likeness (QED) is 0.606. The summed E-state index contributed by atoms with van der Waals surface area (Å²) < 4.78 is 11.9. The number of benzene rings is 2. The molecular formula is C25H28N2O3. The van der Waals surface area contributed by atoms with Crippen molar-refractivity contribution in [2.75, 3.05) is 24.6 Å². The van der Waals surface area contributed by atoms with Crippen molar-refractivity contribution in [3.63, 3.8) is 0 Å². The third kappa shape index (κ3) is 4.94. The molecular weight excluding hydrogens is 376 g/mol. The topological polar surface area (TPSA) is 62.6 Å². The van der Waals surface area contributed by atoms with Crippen molar-refractivity contribution in [1.82, 2.24) is 0 Å². The number of ketones is 1. The van der Waals surface area contributed by atoms with Gasteiger partial charge < -0.3 is 19.2 Å². The maximum absolute atomic E-state index is 11.3. The molecule has 1 aliphatic carbocycles. The van der Waals surface area contributed by atoms with E-state index in [1.54, 1.807) is 6.92 Å². The van der Waals surface area contributed by atoms with Gasteiger partial charge in [-0.05, 0) is 67.5 Å². The minimum Gasteiger partial charge on any atom is -0.493 e. The summed E-state index contributed by atoms with van der Waals surface area (Å²) in [7, 11) is 0. The number of rotatable bonds is 9. The summed E-state index contributed by atoms with van der Waals surface area (Å²) in [6.07, 6.45) is 3.16. The second-order valence-corrected chi connectivity index (χ2v) is 8.57. The smallest absolute Gasteiger partial charge is 0.133 e. The molecule has 1 saturated carbocycles. The van der Waals surface area contributed by atoms with Crippen LogP contribution in [0.2, 0.25) is 0 Å². The maximum atomic E-state index is 11.3. The lowest BCUT2D eigenvalue weighted by Gasteiger charge is -2.41. The first kappa shape index (κ1) is 20.3. The van der Waals surface area contributed by atoms with Crippen molar-refractivity contribution in [2.24, 2.45) is 5.92 Å². The second kappa shape index (κ2) is 8.79. The second-order valence-electron chi connectivity index (χ2n) is 8.57. The summed E-state index contributed by atoms with van der Waals surface area (Å²) in [6.45, 7) is 5.94. The van der Waals surface area contributed by atoms with Crippen LogP contribution in [0.4, 0.5) is 5.69 Å². The van der Waals surface area contributed by atoms with Gasteiger partial charge in [-0.2, -0.15) is 5.26 Å².